The molecule has 1 rings (SSSR count). The second-order valence-electron chi connectivity index (χ2n) is 2.51. The van der Waals surface area contributed by atoms with Crippen molar-refractivity contribution in [2.75, 3.05) is 0 Å². The number of rotatable bonds is 2. The van der Waals surface area contributed by atoms with Crippen LogP contribution < -0.4 is 0 Å². The van der Waals surface area contributed by atoms with E-state index >= 15 is 0 Å². The molecule has 0 aliphatic heterocycles. The number of ketones is 1. The van der Waals surface area contributed by atoms with E-state index < -0.39 is 25.8 Å². The molecule has 0 radical (unpaired) electrons. The average molecular weight is 238 g/mol. The molecule has 0 bridgehead atoms. The first-order valence-electron chi connectivity index (χ1n) is 3.44. The summed E-state index contributed by atoms with van der Waals surface area (Å²) in [6, 6.07) is 1.77. The molecular weight excluding hydrogens is 233 g/mol. The van der Waals surface area contributed by atoms with Crippen molar-refractivity contribution in [1.82, 2.24) is 4.98 Å². The molecule has 0 unspecified atom stereocenters. The fraction of sp³-hybridized carbons (Fsp3) is 0.143. The number of Topliss-reactive ketones (excluding diaryl/α,β-unsaturated/α-hetero) is 1. The lowest BCUT2D eigenvalue weighted by molar-refractivity contribution is 0.101. The summed E-state index contributed by atoms with van der Waals surface area (Å²) in [6.07, 6.45) is 0. The van der Waals surface area contributed by atoms with Gasteiger partial charge in [0.05, 0.1) is 0 Å². The van der Waals surface area contributed by atoms with E-state index in [4.69, 9.17) is 10.7 Å². The van der Waals surface area contributed by atoms with Gasteiger partial charge >= 0.3 is 0 Å². The molecule has 1 aromatic heterocycles. The van der Waals surface area contributed by atoms with Gasteiger partial charge in [-0.3, -0.25) is 4.79 Å². The van der Waals surface area contributed by atoms with Crippen molar-refractivity contribution in [2.45, 2.75) is 11.9 Å². The summed E-state index contributed by atoms with van der Waals surface area (Å²) < 4.78 is 34.3. The van der Waals surface area contributed by atoms with Gasteiger partial charge in [-0.2, -0.15) is 4.39 Å². The first-order valence-corrected chi connectivity index (χ1v) is 5.75. The Morgan fingerprint density at radius 3 is 2.50 bits per heavy atom. The number of halogens is 2. The van der Waals surface area contributed by atoms with Crippen molar-refractivity contribution in [3.63, 3.8) is 0 Å². The third-order valence-electron chi connectivity index (χ3n) is 1.43. The molecule has 7 heteroatoms. The van der Waals surface area contributed by atoms with E-state index in [9.17, 15) is 17.6 Å². The Kier molecular flexibility index (Phi) is 2.86. The Bertz CT molecular complexity index is 486. The second kappa shape index (κ2) is 3.62. The van der Waals surface area contributed by atoms with Crippen LogP contribution in [0.1, 0.15) is 17.3 Å². The predicted octanol–water partition coefficient (Wildman–Crippen LogP) is 1.35. The number of pyridine rings is 1. The lowest BCUT2D eigenvalue weighted by Gasteiger charge is -1.98. The van der Waals surface area contributed by atoms with Crippen LogP contribution in [0.3, 0.4) is 0 Å². The number of aromatic nitrogens is 1. The SMILES string of the molecule is CC(=O)c1cc(F)nc(S(=O)(=O)Cl)c1. The Morgan fingerprint density at radius 2 is 2.07 bits per heavy atom. The molecular formula is C7H5ClFNO3S. The second-order valence-corrected chi connectivity index (χ2v) is 5.02. The molecule has 76 valence electrons. The minimum Gasteiger partial charge on any atom is -0.295 e. The highest BCUT2D eigenvalue weighted by Crippen LogP contribution is 2.15. The fourth-order valence-corrected chi connectivity index (χ4v) is 1.50. The van der Waals surface area contributed by atoms with Gasteiger partial charge in [0.2, 0.25) is 5.95 Å². The molecule has 0 spiro atoms. The van der Waals surface area contributed by atoms with Crippen LogP contribution in [-0.4, -0.2) is 19.2 Å². The summed E-state index contributed by atoms with van der Waals surface area (Å²) in [5.74, 6) is -1.52. The van der Waals surface area contributed by atoms with Crippen LogP contribution in [0.15, 0.2) is 17.2 Å². The number of nitrogens with zero attached hydrogens (tertiary/aromatic N) is 1. The molecule has 4 nitrogen and oxygen atoms in total. The Balaban J connectivity index is 3.43. The number of hydrogen-bond acceptors (Lipinski definition) is 4. The summed E-state index contributed by atoms with van der Waals surface area (Å²) in [5.41, 5.74) is -0.0864. The highest BCUT2D eigenvalue weighted by atomic mass is 35.7. The molecule has 1 heterocycles. The molecule has 0 aromatic carbocycles. The van der Waals surface area contributed by atoms with Gasteiger partial charge in [-0.15, -0.1) is 0 Å². The van der Waals surface area contributed by atoms with Gasteiger partial charge in [0.25, 0.3) is 9.05 Å². The third-order valence-corrected chi connectivity index (χ3v) is 2.61. The van der Waals surface area contributed by atoms with Gasteiger partial charge in [0.1, 0.15) is 0 Å². The van der Waals surface area contributed by atoms with Gasteiger partial charge in [0, 0.05) is 22.3 Å². The van der Waals surface area contributed by atoms with Crippen molar-refractivity contribution < 1.29 is 17.6 Å². The number of carbonyl (C=O) groups is 1. The average Bonchev–Trinajstić information content (AvgIpc) is 2.01. The highest BCUT2D eigenvalue weighted by molar-refractivity contribution is 8.13. The van der Waals surface area contributed by atoms with Crippen molar-refractivity contribution in [3.8, 4) is 0 Å². The van der Waals surface area contributed by atoms with Crippen LogP contribution in [0.4, 0.5) is 4.39 Å². The summed E-state index contributed by atoms with van der Waals surface area (Å²) >= 11 is 0. The topological polar surface area (TPSA) is 64.1 Å². The van der Waals surface area contributed by atoms with E-state index in [1.54, 1.807) is 0 Å². The van der Waals surface area contributed by atoms with Gasteiger partial charge in [-0.05, 0) is 13.0 Å². The highest BCUT2D eigenvalue weighted by Gasteiger charge is 2.15. The Labute approximate surface area is 84.1 Å². The fourth-order valence-electron chi connectivity index (χ4n) is 0.801. The predicted molar refractivity (Wildman–Crippen MR) is 47.2 cm³/mol. The smallest absolute Gasteiger partial charge is 0.278 e. The van der Waals surface area contributed by atoms with E-state index in [1.165, 1.54) is 6.92 Å². The van der Waals surface area contributed by atoms with E-state index in [0.717, 1.165) is 12.1 Å². The van der Waals surface area contributed by atoms with Crippen LogP contribution >= 0.6 is 10.7 Å². The molecule has 0 amide bonds. The van der Waals surface area contributed by atoms with Gasteiger partial charge in [-0.1, -0.05) is 0 Å². The molecule has 0 atom stereocenters. The van der Waals surface area contributed by atoms with Crippen LogP contribution in [0.2, 0.25) is 0 Å². The van der Waals surface area contributed by atoms with E-state index in [1.807, 2.05) is 0 Å². The van der Waals surface area contributed by atoms with Crippen molar-refractivity contribution >= 4 is 25.5 Å². The summed E-state index contributed by atoms with van der Waals surface area (Å²) in [4.78, 5) is 13.9. The maximum absolute atomic E-state index is 12.7. The quantitative estimate of drug-likeness (QED) is 0.443. The van der Waals surface area contributed by atoms with Gasteiger partial charge in [0.15, 0.2) is 10.8 Å². The number of carbonyl (C=O) groups excluding carboxylic acids is 1. The standard InChI is InChI=1S/C7H5ClFNO3S/c1-4(11)5-2-6(9)10-7(3-5)14(8,12)13/h2-3H,1H3. The molecule has 0 aliphatic rings. The zero-order valence-electron chi connectivity index (χ0n) is 6.99. The van der Waals surface area contributed by atoms with Crippen molar-refractivity contribution in [3.05, 3.63) is 23.6 Å². The van der Waals surface area contributed by atoms with Crippen LogP contribution in [0.25, 0.3) is 0 Å². The number of hydrogen-bond donors (Lipinski definition) is 0. The zero-order valence-corrected chi connectivity index (χ0v) is 8.56. The van der Waals surface area contributed by atoms with E-state index in [2.05, 4.69) is 4.98 Å². The monoisotopic (exact) mass is 237 g/mol. The maximum Gasteiger partial charge on any atom is 0.278 e. The molecule has 0 fully saturated rings. The summed E-state index contributed by atoms with van der Waals surface area (Å²) in [6.45, 7) is 1.18. The normalized spacial score (nSPS) is 11.4. The van der Waals surface area contributed by atoms with Crippen molar-refractivity contribution in [1.29, 1.82) is 0 Å². The first-order chi connectivity index (χ1) is 6.30. The molecule has 0 aliphatic carbocycles. The maximum atomic E-state index is 12.7. The molecule has 14 heavy (non-hydrogen) atoms. The minimum absolute atomic E-state index is 0.0864. The summed E-state index contributed by atoms with van der Waals surface area (Å²) in [7, 11) is 0.826. The van der Waals surface area contributed by atoms with E-state index in [-0.39, 0.29) is 5.56 Å². The lowest BCUT2D eigenvalue weighted by Crippen LogP contribution is -2.02. The van der Waals surface area contributed by atoms with Gasteiger partial charge in [-0.25, -0.2) is 13.4 Å². The molecule has 0 saturated carbocycles. The molecule has 0 saturated heterocycles. The molecule has 1 aromatic rings. The van der Waals surface area contributed by atoms with Crippen LogP contribution in [0, 0.1) is 5.95 Å². The van der Waals surface area contributed by atoms with Crippen molar-refractivity contribution in [2.24, 2.45) is 0 Å². The first kappa shape index (κ1) is 11.1. The van der Waals surface area contributed by atoms with Gasteiger partial charge < -0.3 is 0 Å². The minimum atomic E-state index is -4.11. The van der Waals surface area contributed by atoms with Crippen LogP contribution in [0.5, 0.6) is 0 Å². The summed E-state index contributed by atoms with van der Waals surface area (Å²) in [5, 5.41) is -0.663. The Hall–Kier alpha value is -1.01. The van der Waals surface area contributed by atoms with Crippen LogP contribution in [-0.2, 0) is 9.05 Å². The lowest BCUT2D eigenvalue weighted by atomic mass is 10.2. The Morgan fingerprint density at radius 1 is 1.50 bits per heavy atom. The molecule has 0 N–H and O–H groups in total. The van der Waals surface area contributed by atoms with E-state index in [0.29, 0.717) is 0 Å². The zero-order chi connectivity index (χ0) is 10.9. The third kappa shape index (κ3) is 2.49. The largest absolute Gasteiger partial charge is 0.295 e.